The molecular formula is C8H9ClN2O2. The molecule has 0 saturated carbocycles. The minimum atomic E-state index is -0.535. The third-order valence-corrected chi connectivity index (χ3v) is 1.97. The van der Waals surface area contributed by atoms with Crippen molar-refractivity contribution in [3.63, 3.8) is 0 Å². The van der Waals surface area contributed by atoms with Gasteiger partial charge in [-0.2, -0.15) is 0 Å². The lowest BCUT2D eigenvalue weighted by Crippen LogP contribution is -2.08. The van der Waals surface area contributed by atoms with Gasteiger partial charge in [-0.1, -0.05) is 11.6 Å². The molecule has 0 saturated heterocycles. The Balaban J connectivity index is 3.23. The van der Waals surface area contributed by atoms with Crippen LogP contribution in [0.4, 0.5) is 5.82 Å². The average molecular weight is 201 g/mol. The largest absolute Gasteiger partial charge is 0.465 e. The zero-order chi connectivity index (χ0) is 10.0. The third-order valence-electron chi connectivity index (χ3n) is 1.59. The predicted molar refractivity (Wildman–Crippen MR) is 49.7 cm³/mol. The van der Waals surface area contributed by atoms with E-state index in [0.29, 0.717) is 10.7 Å². The summed E-state index contributed by atoms with van der Waals surface area (Å²) in [4.78, 5) is 15.0. The fourth-order valence-corrected chi connectivity index (χ4v) is 1.02. The lowest BCUT2D eigenvalue weighted by atomic mass is 10.2. The number of hydrogen-bond acceptors (Lipinski definition) is 4. The van der Waals surface area contributed by atoms with Gasteiger partial charge in [0.2, 0.25) is 0 Å². The maximum absolute atomic E-state index is 11.1. The van der Waals surface area contributed by atoms with Gasteiger partial charge in [0.15, 0.2) is 0 Å². The molecule has 0 radical (unpaired) electrons. The van der Waals surface area contributed by atoms with E-state index in [1.165, 1.54) is 13.2 Å². The van der Waals surface area contributed by atoms with E-state index in [9.17, 15) is 4.79 Å². The molecule has 0 unspecified atom stereocenters. The number of esters is 1. The van der Waals surface area contributed by atoms with Gasteiger partial charge in [-0.25, -0.2) is 9.78 Å². The SMILES string of the molecule is COC(=O)c1cc(Cl)c(C)nc1N. The first-order valence-corrected chi connectivity index (χ1v) is 3.95. The molecule has 0 aliphatic rings. The Morgan fingerprint density at radius 2 is 2.31 bits per heavy atom. The molecule has 5 heteroatoms. The lowest BCUT2D eigenvalue weighted by Gasteiger charge is -2.04. The van der Waals surface area contributed by atoms with Crippen molar-refractivity contribution in [2.24, 2.45) is 0 Å². The molecular weight excluding hydrogens is 192 g/mol. The van der Waals surface area contributed by atoms with Crippen LogP contribution in [0.1, 0.15) is 16.1 Å². The second-order valence-corrected chi connectivity index (χ2v) is 2.89. The quantitative estimate of drug-likeness (QED) is 0.697. The molecule has 2 N–H and O–H groups in total. The number of nitrogens with two attached hydrogens (primary N) is 1. The number of pyridine rings is 1. The lowest BCUT2D eigenvalue weighted by molar-refractivity contribution is 0.0601. The molecule has 70 valence electrons. The summed E-state index contributed by atoms with van der Waals surface area (Å²) in [5.41, 5.74) is 6.28. The molecule has 1 aromatic rings. The fourth-order valence-electron chi connectivity index (χ4n) is 0.873. The van der Waals surface area contributed by atoms with Crippen molar-refractivity contribution >= 4 is 23.4 Å². The van der Waals surface area contributed by atoms with Crippen molar-refractivity contribution < 1.29 is 9.53 Å². The van der Waals surface area contributed by atoms with Crippen LogP contribution in [-0.4, -0.2) is 18.1 Å². The Hall–Kier alpha value is -1.29. The van der Waals surface area contributed by atoms with E-state index < -0.39 is 5.97 Å². The van der Waals surface area contributed by atoms with Crippen LogP contribution in [0, 0.1) is 6.92 Å². The fraction of sp³-hybridized carbons (Fsp3) is 0.250. The van der Waals surface area contributed by atoms with Crippen molar-refractivity contribution in [2.75, 3.05) is 12.8 Å². The summed E-state index contributed by atoms with van der Waals surface area (Å²) in [6, 6.07) is 1.45. The van der Waals surface area contributed by atoms with E-state index in [2.05, 4.69) is 9.72 Å². The van der Waals surface area contributed by atoms with E-state index in [-0.39, 0.29) is 11.4 Å². The number of rotatable bonds is 1. The maximum atomic E-state index is 11.1. The Kier molecular flexibility index (Phi) is 2.72. The molecule has 0 spiro atoms. The van der Waals surface area contributed by atoms with Crippen LogP contribution < -0.4 is 5.73 Å². The number of carbonyl (C=O) groups excluding carboxylic acids is 1. The van der Waals surface area contributed by atoms with Gasteiger partial charge in [0.1, 0.15) is 11.4 Å². The van der Waals surface area contributed by atoms with E-state index >= 15 is 0 Å². The number of ether oxygens (including phenoxy) is 1. The smallest absolute Gasteiger partial charge is 0.341 e. The molecule has 0 aromatic carbocycles. The highest BCUT2D eigenvalue weighted by atomic mass is 35.5. The van der Waals surface area contributed by atoms with Crippen molar-refractivity contribution in [3.05, 3.63) is 22.3 Å². The summed E-state index contributed by atoms with van der Waals surface area (Å²) < 4.78 is 4.49. The van der Waals surface area contributed by atoms with E-state index in [1.807, 2.05) is 0 Å². The number of methoxy groups -OCH3 is 1. The summed E-state index contributed by atoms with van der Waals surface area (Å²) in [6.45, 7) is 1.71. The topological polar surface area (TPSA) is 65.2 Å². The molecule has 1 rings (SSSR count). The van der Waals surface area contributed by atoms with Gasteiger partial charge in [-0.3, -0.25) is 0 Å². The monoisotopic (exact) mass is 200 g/mol. The van der Waals surface area contributed by atoms with Crippen molar-refractivity contribution in [1.29, 1.82) is 0 Å². The Morgan fingerprint density at radius 1 is 1.69 bits per heavy atom. The minimum absolute atomic E-state index is 0.133. The normalized spacial score (nSPS) is 9.77. The summed E-state index contributed by atoms with van der Waals surface area (Å²) >= 11 is 5.76. The highest BCUT2D eigenvalue weighted by Gasteiger charge is 2.12. The minimum Gasteiger partial charge on any atom is -0.465 e. The average Bonchev–Trinajstić information content (AvgIpc) is 2.10. The number of halogens is 1. The number of aryl methyl sites for hydroxylation is 1. The van der Waals surface area contributed by atoms with Gasteiger partial charge in [-0.05, 0) is 13.0 Å². The van der Waals surface area contributed by atoms with Crippen LogP contribution in [0.15, 0.2) is 6.07 Å². The molecule has 0 aliphatic carbocycles. The molecule has 0 aliphatic heterocycles. The first kappa shape index (κ1) is 9.80. The standard InChI is InChI=1S/C8H9ClN2O2/c1-4-6(9)3-5(7(10)11-4)8(12)13-2/h3H,1-2H3,(H2,10,11). The van der Waals surface area contributed by atoms with Crippen molar-refractivity contribution in [1.82, 2.24) is 4.98 Å². The molecule has 13 heavy (non-hydrogen) atoms. The first-order valence-electron chi connectivity index (χ1n) is 3.57. The molecule has 1 aromatic heterocycles. The second kappa shape index (κ2) is 3.62. The van der Waals surface area contributed by atoms with Crippen LogP contribution in [0.5, 0.6) is 0 Å². The third kappa shape index (κ3) is 1.89. The summed E-state index contributed by atoms with van der Waals surface area (Å²) in [7, 11) is 1.27. The number of hydrogen-bond donors (Lipinski definition) is 1. The van der Waals surface area contributed by atoms with E-state index in [0.717, 1.165) is 0 Å². The molecule has 1 heterocycles. The number of nitrogens with zero attached hydrogens (tertiary/aromatic N) is 1. The highest BCUT2D eigenvalue weighted by molar-refractivity contribution is 6.31. The van der Waals surface area contributed by atoms with E-state index in [1.54, 1.807) is 6.92 Å². The van der Waals surface area contributed by atoms with Crippen LogP contribution in [0.25, 0.3) is 0 Å². The number of aromatic nitrogens is 1. The zero-order valence-corrected chi connectivity index (χ0v) is 8.05. The molecule has 0 fully saturated rings. The highest BCUT2D eigenvalue weighted by Crippen LogP contribution is 2.19. The molecule has 4 nitrogen and oxygen atoms in total. The molecule has 0 atom stereocenters. The van der Waals surface area contributed by atoms with Gasteiger partial charge in [-0.15, -0.1) is 0 Å². The van der Waals surface area contributed by atoms with E-state index in [4.69, 9.17) is 17.3 Å². The summed E-state index contributed by atoms with van der Waals surface area (Å²) in [5.74, 6) is -0.402. The zero-order valence-electron chi connectivity index (χ0n) is 7.30. The van der Waals surface area contributed by atoms with Gasteiger partial charge < -0.3 is 10.5 Å². The number of nitrogen functional groups attached to an aromatic ring is 1. The predicted octanol–water partition coefficient (Wildman–Crippen LogP) is 1.41. The summed E-state index contributed by atoms with van der Waals surface area (Å²) in [6.07, 6.45) is 0. The van der Waals surface area contributed by atoms with Crippen molar-refractivity contribution in [2.45, 2.75) is 6.92 Å². The van der Waals surface area contributed by atoms with Crippen LogP contribution in [0.2, 0.25) is 5.02 Å². The molecule has 0 bridgehead atoms. The Labute approximate surface area is 80.7 Å². The Morgan fingerprint density at radius 3 is 2.85 bits per heavy atom. The van der Waals surface area contributed by atoms with Gasteiger partial charge in [0.25, 0.3) is 0 Å². The second-order valence-electron chi connectivity index (χ2n) is 2.48. The van der Waals surface area contributed by atoms with Gasteiger partial charge in [0.05, 0.1) is 17.8 Å². The van der Waals surface area contributed by atoms with Crippen LogP contribution in [-0.2, 0) is 4.74 Å². The number of anilines is 1. The van der Waals surface area contributed by atoms with Gasteiger partial charge >= 0.3 is 5.97 Å². The van der Waals surface area contributed by atoms with Gasteiger partial charge in [0, 0.05) is 0 Å². The summed E-state index contributed by atoms with van der Waals surface area (Å²) in [5, 5.41) is 0.398. The van der Waals surface area contributed by atoms with Crippen LogP contribution >= 0.6 is 11.6 Å². The Bertz CT molecular complexity index is 352. The first-order chi connectivity index (χ1) is 6.06. The van der Waals surface area contributed by atoms with Crippen molar-refractivity contribution in [3.8, 4) is 0 Å². The van der Waals surface area contributed by atoms with Crippen LogP contribution in [0.3, 0.4) is 0 Å². The number of carbonyl (C=O) groups is 1. The maximum Gasteiger partial charge on any atom is 0.341 e. The molecule has 0 amide bonds.